The molecular formula is C13H14N4O5S. The topological polar surface area (TPSA) is 120 Å². The first kappa shape index (κ1) is 16.6. The first-order valence-electron chi connectivity index (χ1n) is 6.28. The molecule has 1 aromatic heterocycles. The van der Waals surface area contributed by atoms with Crippen molar-refractivity contribution < 1.29 is 22.7 Å². The van der Waals surface area contributed by atoms with Gasteiger partial charge in [-0.2, -0.15) is 0 Å². The van der Waals surface area contributed by atoms with E-state index in [4.69, 9.17) is 9.47 Å². The van der Waals surface area contributed by atoms with Gasteiger partial charge in [0, 0.05) is 18.5 Å². The number of carbonyl (C=O) groups is 1. The zero-order valence-electron chi connectivity index (χ0n) is 12.3. The number of hydrazine groups is 1. The summed E-state index contributed by atoms with van der Waals surface area (Å²) in [5, 5.41) is 0. The van der Waals surface area contributed by atoms with E-state index in [0.29, 0.717) is 5.75 Å². The molecule has 1 aromatic carbocycles. The molecular weight excluding hydrogens is 324 g/mol. The van der Waals surface area contributed by atoms with Crippen LogP contribution in [-0.2, 0) is 10.0 Å². The minimum Gasteiger partial charge on any atom is -0.497 e. The maximum absolute atomic E-state index is 12.3. The number of rotatable bonds is 6. The molecule has 0 aliphatic heterocycles. The van der Waals surface area contributed by atoms with Crippen molar-refractivity contribution >= 4 is 15.9 Å². The number of carbonyl (C=O) groups excluding carboxylic acids is 1. The third-order valence-electron chi connectivity index (χ3n) is 2.76. The number of benzene rings is 1. The second-order valence-corrected chi connectivity index (χ2v) is 5.82. The van der Waals surface area contributed by atoms with Crippen LogP contribution < -0.4 is 19.7 Å². The van der Waals surface area contributed by atoms with E-state index in [1.165, 1.54) is 44.9 Å². The van der Waals surface area contributed by atoms with Crippen LogP contribution in [0.3, 0.4) is 0 Å². The number of amides is 1. The Labute approximate surface area is 132 Å². The highest BCUT2D eigenvalue weighted by Gasteiger charge is 2.21. The molecule has 2 rings (SSSR count). The van der Waals surface area contributed by atoms with Gasteiger partial charge in [0.2, 0.25) is 0 Å². The molecule has 2 aromatic rings. The lowest BCUT2D eigenvalue weighted by molar-refractivity contribution is 0.0939. The summed E-state index contributed by atoms with van der Waals surface area (Å²) >= 11 is 0. The molecule has 0 atom stereocenters. The summed E-state index contributed by atoms with van der Waals surface area (Å²) < 4.78 is 34.6. The number of ether oxygens (including phenoxy) is 2. The molecule has 2 N–H and O–H groups in total. The van der Waals surface area contributed by atoms with E-state index in [-0.39, 0.29) is 16.3 Å². The first-order valence-corrected chi connectivity index (χ1v) is 7.76. The van der Waals surface area contributed by atoms with Crippen LogP contribution >= 0.6 is 0 Å². The maximum Gasteiger partial charge on any atom is 0.286 e. The Morgan fingerprint density at radius 2 is 1.96 bits per heavy atom. The number of sulfonamides is 1. The summed E-state index contributed by atoms with van der Waals surface area (Å²) in [6, 6.07) is 4.27. The highest BCUT2D eigenvalue weighted by atomic mass is 32.2. The van der Waals surface area contributed by atoms with Gasteiger partial charge < -0.3 is 9.47 Å². The molecule has 0 bridgehead atoms. The Kier molecular flexibility index (Phi) is 5.09. The van der Waals surface area contributed by atoms with Crippen LogP contribution in [0.4, 0.5) is 0 Å². The molecule has 0 unspecified atom stereocenters. The maximum atomic E-state index is 12.3. The fourth-order valence-electron chi connectivity index (χ4n) is 1.64. The van der Waals surface area contributed by atoms with E-state index in [1.807, 2.05) is 4.83 Å². The normalized spacial score (nSPS) is 10.9. The van der Waals surface area contributed by atoms with Gasteiger partial charge in [-0.05, 0) is 12.1 Å². The number of hydrogen-bond acceptors (Lipinski definition) is 7. The van der Waals surface area contributed by atoms with Crippen LogP contribution in [0.25, 0.3) is 0 Å². The molecule has 1 amide bonds. The van der Waals surface area contributed by atoms with Crippen molar-refractivity contribution in [1.82, 2.24) is 20.2 Å². The predicted octanol–water partition coefficient (Wildman–Crippen LogP) is 0.117. The van der Waals surface area contributed by atoms with Gasteiger partial charge in [-0.15, -0.1) is 4.83 Å². The number of aromatic nitrogens is 2. The summed E-state index contributed by atoms with van der Waals surface area (Å²) in [6.07, 6.45) is 3.91. The molecule has 0 fully saturated rings. The van der Waals surface area contributed by atoms with E-state index >= 15 is 0 Å². The van der Waals surface area contributed by atoms with Crippen LogP contribution in [-0.4, -0.2) is 38.5 Å². The van der Waals surface area contributed by atoms with Gasteiger partial charge in [0.05, 0.1) is 20.4 Å². The lowest BCUT2D eigenvalue weighted by Crippen LogP contribution is -2.42. The van der Waals surface area contributed by atoms with Crippen molar-refractivity contribution in [2.24, 2.45) is 0 Å². The standard InChI is InChI=1S/C13H14N4O5S/c1-21-9-3-4-11(22-2)12(7-9)23(19,20)17-16-13(18)10-8-14-5-6-15-10/h3-8,17H,1-2H3,(H,16,18). The van der Waals surface area contributed by atoms with Crippen LogP contribution in [0.5, 0.6) is 11.5 Å². The van der Waals surface area contributed by atoms with Crippen LogP contribution in [0.15, 0.2) is 41.7 Å². The third kappa shape index (κ3) is 3.93. The predicted molar refractivity (Wildman–Crippen MR) is 79.4 cm³/mol. The molecule has 1 heterocycles. The smallest absolute Gasteiger partial charge is 0.286 e. The Bertz CT molecular complexity index is 795. The molecule has 10 heteroatoms. The summed E-state index contributed by atoms with van der Waals surface area (Å²) in [6.45, 7) is 0. The fourth-order valence-corrected chi connectivity index (χ4v) is 2.67. The summed E-state index contributed by atoms with van der Waals surface area (Å²) in [4.78, 5) is 21.1. The zero-order valence-corrected chi connectivity index (χ0v) is 13.1. The average molecular weight is 338 g/mol. The van der Waals surface area contributed by atoms with E-state index in [9.17, 15) is 13.2 Å². The van der Waals surface area contributed by atoms with Gasteiger partial charge in [0.25, 0.3) is 15.9 Å². The number of hydrogen-bond donors (Lipinski definition) is 2. The lowest BCUT2D eigenvalue weighted by atomic mass is 10.3. The molecule has 0 aliphatic rings. The van der Waals surface area contributed by atoms with Crippen molar-refractivity contribution in [2.75, 3.05) is 14.2 Å². The van der Waals surface area contributed by atoms with E-state index in [1.54, 1.807) is 6.07 Å². The van der Waals surface area contributed by atoms with Crippen LogP contribution in [0.2, 0.25) is 0 Å². The quantitative estimate of drug-likeness (QED) is 0.718. The number of nitrogens with one attached hydrogen (secondary N) is 2. The molecule has 0 spiro atoms. The van der Waals surface area contributed by atoms with Gasteiger partial charge in [-0.1, -0.05) is 0 Å². The average Bonchev–Trinajstić information content (AvgIpc) is 2.59. The van der Waals surface area contributed by atoms with Gasteiger partial charge in [0.1, 0.15) is 22.1 Å². The van der Waals surface area contributed by atoms with Crippen molar-refractivity contribution in [3.05, 3.63) is 42.5 Å². The first-order chi connectivity index (χ1) is 11.0. The monoisotopic (exact) mass is 338 g/mol. The van der Waals surface area contributed by atoms with Crippen molar-refractivity contribution in [3.63, 3.8) is 0 Å². The summed E-state index contributed by atoms with van der Waals surface area (Å²) in [5.74, 6) is -0.318. The molecule has 122 valence electrons. The lowest BCUT2D eigenvalue weighted by Gasteiger charge is -2.12. The molecule has 9 nitrogen and oxygen atoms in total. The van der Waals surface area contributed by atoms with Crippen molar-refractivity contribution in [3.8, 4) is 11.5 Å². The molecule has 0 aliphatic carbocycles. The minimum absolute atomic E-state index is 0.0344. The molecule has 23 heavy (non-hydrogen) atoms. The second-order valence-electron chi connectivity index (χ2n) is 4.17. The highest BCUT2D eigenvalue weighted by Crippen LogP contribution is 2.27. The van der Waals surface area contributed by atoms with Gasteiger partial charge in [-0.25, -0.2) is 13.4 Å². The number of nitrogens with zero attached hydrogens (tertiary/aromatic N) is 2. The summed E-state index contributed by atoms with van der Waals surface area (Å²) in [5.41, 5.74) is 2.02. The second kappa shape index (κ2) is 7.03. The summed E-state index contributed by atoms with van der Waals surface area (Å²) in [7, 11) is -1.34. The molecule has 0 saturated carbocycles. The SMILES string of the molecule is COc1ccc(OC)c(S(=O)(=O)NNC(=O)c2cnccn2)c1. The molecule has 0 saturated heterocycles. The zero-order chi connectivity index (χ0) is 16.9. The van der Waals surface area contributed by atoms with Crippen LogP contribution in [0, 0.1) is 0 Å². The Balaban J connectivity index is 2.21. The fraction of sp³-hybridized carbons (Fsp3) is 0.154. The Morgan fingerprint density at radius 3 is 2.57 bits per heavy atom. The van der Waals surface area contributed by atoms with Crippen molar-refractivity contribution in [1.29, 1.82) is 0 Å². The highest BCUT2D eigenvalue weighted by molar-refractivity contribution is 7.89. The van der Waals surface area contributed by atoms with Crippen molar-refractivity contribution in [2.45, 2.75) is 4.90 Å². The van der Waals surface area contributed by atoms with E-state index in [0.717, 1.165) is 0 Å². The third-order valence-corrected chi connectivity index (χ3v) is 4.02. The minimum atomic E-state index is -4.07. The van der Waals surface area contributed by atoms with Crippen LogP contribution in [0.1, 0.15) is 10.5 Å². The van der Waals surface area contributed by atoms with E-state index in [2.05, 4.69) is 15.4 Å². The Hall–Kier alpha value is -2.72. The Morgan fingerprint density at radius 1 is 1.17 bits per heavy atom. The molecule has 0 radical (unpaired) electrons. The van der Waals surface area contributed by atoms with Gasteiger partial charge in [-0.3, -0.25) is 15.2 Å². The van der Waals surface area contributed by atoms with Gasteiger partial charge >= 0.3 is 0 Å². The van der Waals surface area contributed by atoms with E-state index < -0.39 is 15.9 Å². The van der Waals surface area contributed by atoms with Gasteiger partial charge in [0.15, 0.2) is 0 Å². The largest absolute Gasteiger partial charge is 0.497 e. The number of methoxy groups -OCH3 is 2.